The number of nitrogens with zero attached hydrogens (tertiary/aromatic N) is 1. The van der Waals surface area contributed by atoms with Gasteiger partial charge in [-0.15, -0.1) is 11.3 Å². The maximum Gasteiger partial charge on any atom is 0.265 e. The summed E-state index contributed by atoms with van der Waals surface area (Å²) in [7, 11) is 0. The van der Waals surface area contributed by atoms with Crippen LogP contribution in [-0.4, -0.2) is 16.8 Å². The van der Waals surface area contributed by atoms with E-state index in [4.69, 9.17) is 0 Å². The van der Waals surface area contributed by atoms with Crippen molar-refractivity contribution in [2.75, 3.05) is 10.6 Å². The number of nitrogens with one attached hydrogen (secondary N) is 2. The van der Waals surface area contributed by atoms with Crippen LogP contribution in [0.5, 0.6) is 0 Å². The summed E-state index contributed by atoms with van der Waals surface area (Å²) in [5.41, 5.74) is 0.994. The Morgan fingerprint density at radius 1 is 1.00 bits per heavy atom. The quantitative estimate of drug-likeness (QED) is 0.679. The van der Waals surface area contributed by atoms with E-state index in [9.17, 15) is 9.59 Å². The van der Waals surface area contributed by atoms with Crippen molar-refractivity contribution in [3.63, 3.8) is 0 Å². The van der Waals surface area contributed by atoms with Gasteiger partial charge >= 0.3 is 0 Å². The molecular formula is C17H12BrN3O2S. The molecule has 0 aliphatic carbocycles. The summed E-state index contributed by atoms with van der Waals surface area (Å²) in [6.45, 7) is 0. The van der Waals surface area contributed by atoms with Gasteiger partial charge in [-0.25, -0.2) is 4.98 Å². The molecule has 0 atom stereocenters. The Morgan fingerprint density at radius 2 is 1.88 bits per heavy atom. The van der Waals surface area contributed by atoms with Crippen LogP contribution in [0.4, 0.5) is 11.5 Å². The molecule has 0 radical (unpaired) electrons. The average Bonchev–Trinajstić information content (AvgIpc) is 3.12. The highest BCUT2D eigenvalue weighted by Gasteiger charge is 2.10. The second kappa shape index (κ2) is 7.37. The van der Waals surface area contributed by atoms with Gasteiger partial charge in [-0.2, -0.15) is 0 Å². The van der Waals surface area contributed by atoms with Crippen LogP contribution in [0.3, 0.4) is 0 Å². The molecule has 5 nitrogen and oxygen atoms in total. The molecule has 120 valence electrons. The predicted octanol–water partition coefficient (Wildman–Crippen LogP) is 4.41. The first-order chi connectivity index (χ1) is 11.6. The maximum absolute atomic E-state index is 12.3. The van der Waals surface area contributed by atoms with Gasteiger partial charge in [0, 0.05) is 21.9 Å². The fourth-order valence-corrected chi connectivity index (χ4v) is 2.83. The van der Waals surface area contributed by atoms with Gasteiger partial charge in [-0.3, -0.25) is 9.59 Å². The normalized spacial score (nSPS) is 10.2. The largest absolute Gasteiger partial charge is 0.321 e. The van der Waals surface area contributed by atoms with Crippen LogP contribution in [0.1, 0.15) is 20.0 Å². The van der Waals surface area contributed by atoms with Crippen LogP contribution in [-0.2, 0) is 0 Å². The summed E-state index contributed by atoms with van der Waals surface area (Å²) in [4.78, 5) is 29.1. The predicted molar refractivity (Wildman–Crippen MR) is 98.6 cm³/mol. The lowest BCUT2D eigenvalue weighted by molar-refractivity contribution is 0.101. The number of hydrogen-bond acceptors (Lipinski definition) is 4. The second-order valence-electron chi connectivity index (χ2n) is 4.83. The van der Waals surface area contributed by atoms with Crippen molar-refractivity contribution in [2.45, 2.75) is 0 Å². The first kappa shape index (κ1) is 16.4. The third-order valence-corrected chi connectivity index (χ3v) is 4.43. The molecule has 1 aromatic carbocycles. The van der Waals surface area contributed by atoms with Crippen molar-refractivity contribution >= 4 is 50.6 Å². The van der Waals surface area contributed by atoms with Gasteiger partial charge in [-0.05, 0) is 57.7 Å². The monoisotopic (exact) mass is 401 g/mol. The lowest BCUT2D eigenvalue weighted by atomic mass is 10.2. The van der Waals surface area contributed by atoms with E-state index in [-0.39, 0.29) is 11.8 Å². The number of carbonyl (C=O) groups excluding carboxylic acids is 2. The van der Waals surface area contributed by atoms with E-state index in [1.165, 1.54) is 11.3 Å². The first-order valence-electron chi connectivity index (χ1n) is 6.99. The Labute approximate surface area is 150 Å². The Morgan fingerprint density at radius 3 is 2.58 bits per heavy atom. The molecule has 0 spiro atoms. The van der Waals surface area contributed by atoms with E-state index in [0.717, 1.165) is 4.47 Å². The van der Waals surface area contributed by atoms with E-state index in [0.29, 0.717) is 21.9 Å². The average molecular weight is 402 g/mol. The molecule has 0 aliphatic heterocycles. The van der Waals surface area contributed by atoms with E-state index >= 15 is 0 Å². The zero-order valence-electron chi connectivity index (χ0n) is 12.3. The molecule has 0 unspecified atom stereocenters. The summed E-state index contributed by atoms with van der Waals surface area (Å²) >= 11 is 4.65. The van der Waals surface area contributed by atoms with Crippen LogP contribution in [0.25, 0.3) is 0 Å². The van der Waals surface area contributed by atoms with Crippen molar-refractivity contribution in [1.82, 2.24) is 4.98 Å². The lowest BCUT2D eigenvalue weighted by Crippen LogP contribution is -2.14. The molecule has 0 aliphatic rings. The fraction of sp³-hybridized carbons (Fsp3) is 0. The Balaban J connectivity index is 1.71. The highest BCUT2D eigenvalue weighted by molar-refractivity contribution is 9.10. The molecule has 3 rings (SSSR count). The second-order valence-corrected chi connectivity index (χ2v) is 6.69. The molecule has 24 heavy (non-hydrogen) atoms. The summed E-state index contributed by atoms with van der Waals surface area (Å²) in [5, 5.41) is 7.33. The van der Waals surface area contributed by atoms with Crippen LogP contribution >= 0.6 is 27.3 Å². The van der Waals surface area contributed by atoms with E-state index in [1.807, 2.05) is 11.4 Å². The van der Waals surface area contributed by atoms with Gasteiger partial charge < -0.3 is 10.6 Å². The molecule has 2 heterocycles. The highest BCUT2D eigenvalue weighted by Crippen LogP contribution is 2.16. The molecule has 0 fully saturated rings. The van der Waals surface area contributed by atoms with Crippen molar-refractivity contribution in [1.29, 1.82) is 0 Å². The maximum atomic E-state index is 12.3. The number of carbonyl (C=O) groups is 2. The first-order valence-corrected chi connectivity index (χ1v) is 8.67. The van der Waals surface area contributed by atoms with Gasteiger partial charge in [0.25, 0.3) is 11.8 Å². The summed E-state index contributed by atoms with van der Waals surface area (Å²) in [6, 6.07) is 13.8. The zero-order chi connectivity index (χ0) is 16.9. The van der Waals surface area contributed by atoms with Crippen LogP contribution in [0.2, 0.25) is 0 Å². The van der Waals surface area contributed by atoms with Crippen molar-refractivity contribution in [3.8, 4) is 0 Å². The summed E-state index contributed by atoms with van der Waals surface area (Å²) < 4.78 is 0.832. The minimum absolute atomic E-state index is 0.197. The topological polar surface area (TPSA) is 71.1 Å². The number of benzene rings is 1. The van der Waals surface area contributed by atoms with Gasteiger partial charge in [0.15, 0.2) is 0 Å². The molecule has 0 saturated carbocycles. The van der Waals surface area contributed by atoms with Gasteiger partial charge in [0.1, 0.15) is 5.82 Å². The molecular weight excluding hydrogens is 390 g/mol. The van der Waals surface area contributed by atoms with Gasteiger partial charge in [-0.1, -0.05) is 12.1 Å². The number of hydrogen-bond donors (Lipinski definition) is 2. The van der Waals surface area contributed by atoms with Crippen molar-refractivity contribution < 1.29 is 9.59 Å². The minimum Gasteiger partial charge on any atom is -0.321 e. The van der Waals surface area contributed by atoms with Crippen LogP contribution in [0, 0.1) is 0 Å². The number of anilines is 2. The third-order valence-electron chi connectivity index (χ3n) is 3.10. The Bertz CT molecular complexity index is 864. The molecule has 2 N–H and O–H groups in total. The molecule has 3 aromatic rings. The fourth-order valence-electron chi connectivity index (χ4n) is 1.98. The highest BCUT2D eigenvalue weighted by atomic mass is 79.9. The molecule has 0 saturated heterocycles. The number of amides is 2. The van der Waals surface area contributed by atoms with Crippen LogP contribution < -0.4 is 10.6 Å². The Kier molecular flexibility index (Phi) is 5.02. The molecule has 7 heteroatoms. The smallest absolute Gasteiger partial charge is 0.265 e. The summed E-state index contributed by atoms with van der Waals surface area (Å²) in [6.07, 6.45) is 1.60. The lowest BCUT2D eigenvalue weighted by Gasteiger charge is -2.07. The number of rotatable bonds is 4. The minimum atomic E-state index is -0.294. The van der Waals surface area contributed by atoms with Gasteiger partial charge in [0.05, 0.1) is 4.88 Å². The molecule has 2 aromatic heterocycles. The third kappa shape index (κ3) is 4.06. The number of halogens is 1. The van der Waals surface area contributed by atoms with Crippen LogP contribution in [0.15, 0.2) is 64.6 Å². The zero-order valence-corrected chi connectivity index (χ0v) is 14.7. The van der Waals surface area contributed by atoms with Crippen molar-refractivity contribution in [3.05, 3.63) is 75.0 Å². The standard InChI is InChI=1S/C17H12BrN3O2S/c18-12-6-7-15(19-10-12)21-16(22)11-3-1-4-13(9-11)20-17(23)14-5-2-8-24-14/h1-10H,(H,20,23)(H,19,21,22). The van der Waals surface area contributed by atoms with E-state index < -0.39 is 0 Å². The van der Waals surface area contributed by atoms with E-state index in [2.05, 4.69) is 31.5 Å². The van der Waals surface area contributed by atoms with Gasteiger partial charge in [0.2, 0.25) is 0 Å². The number of thiophene rings is 1. The van der Waals surface area contributed by atoms with E-state index in [1.54, 1.807) is 48.7 Å². The number of pyridine rings is 1. The van der Waals surface area contributed by atoms with Crippen molar-refractivity contribution in [2.24, 2.45) is 0 Å². The number of aromatic nitrogens is 1. The molecule has 2 amide bonds. The Hall–Kier alpha value is -2.51. The molecule has 0 bridgehead atoms. The SMILES string of the molecule is O=C(Nc1ccc(Br)cn1)c1cccc(NC(=O)c2cccs2)c1. The summed E-state index contributed by atoms with van der Waals surface area (Å²) in [5.74, 6) is -0.0367.